The third kappa shape index (κ3) is 7.31. The molecule has 3 heterocycles. The van der Waals surface area contributed by atoms with Gasteiger partial charge in [-0.25, -0.2) is 4.98 Å². The lowest BCUT2D eigenvalue weighted by Gasteiger charge is -2.42. The van der Waals surface area contributed by atoms with Crippen molar-refractivity contribution in [2.24, 2.45) is 0 Å². The zero-order valence-electron chi connectivity index (χ0n) is 26.9. The standard InChI is InChI=1S/C38H41ClN4O4/c1-23-17-34(41-35-22-43(15-14-29(23)35)27-19-28(45)20-27)36(46)18-26-8-5-10-31(37(26)39)30-9-6-11-32(24(30)2)42-38(47)33-13-12-25(21-40-33)7-3-4-16-44/h5-6,8-13,17,21,27-28,44-45H,3-4,7,14-16,18-20,22H2,1-2H3,(H,42,47). The number of rotatable bonds is 11. The van der Waals surface area contributed by atoms with Crippen LogP contribution < -0.4 is 5.32 Å². The molecular formula is C38H41ClN4O4. The minimum absolute atomic E-state index is 0.0872. The van der Waals surface area contributed by atoms with Crippen molar-refractivity contribution < 1.29 is 19.8 Å². The number of aliphatic hydroxyl groups excluding tert-OH is 2. The summed E-state index contributed by atoms with van der Waals surface area (Å²) in [7, 11) is 0. The number of unbranched alkanes of at least 4 members (excludes halogenated alkanes) is 1. The van der Waals surface area contributed by atoms with Crippen LogP contribution in [0.5, 0.6) is 0 Å². The van der Waals surface area contributed by atoms with Gasteiger partial charge in [0.15, 0.2) is 5.78 Å². The molecule has 1 amide bonds. The van der Waals surface area contributed by atoms with E-state index in [4.69, 9.17) is 21.7 Å². The predicted molar refractivity (Wildman–Crippen MR) is 184 cm³/mol. The third-order valence-corrected chi connectivity index (χ3v) is 10.0. The van der Waals surface area contributed by atoms with E-state index in [0.29, 0.717) is 40.2 Å². The number of aryl methyl sites for hydroxylation is 2. The number of aliphatic hydroxyl groups is 2. The van der Waals surface area contributed by atoms with Crippen molar-refractivity contribution in [2.45, 2.75) is 77.5 Å². The molecule has 0 unspecified atom stereocenters. The van der Waals surface area contributed by atoms with Gasteiger partial charge in [0.2, 0.25) is 0 Å². The summed E-state index contributed by atoms with van der Waals surface area (Å²) in [6.45, 7) is 5.80. The second kappa shape index (κ2) is 14.4. The number of hydrogen-bond donors (Lipinski definition) is 3. The number of pyridine rings is 2. The number of amides is 1. The Labute approximate surface area is 280 Å². The van der Waals surface area contributed by atoms with Crippen molar-refractivity contribution in [2.75, 3.05) is 18.5 Å². The maximum atomic E-state index is 13.6. The summed E-state index contributed by atoms with van der Waals surface area (Å²) in [5.74, 6) is -0.394. The van der Waals surface area contributed by atoms with Gasteiger partial charge in [-0.2, -0.15) is 0 Å². The highest BCUT2D eigenvalue weighted by molar-refractivity contribution is 6.34. The molecule has 9 heteroatoms. The summed E-state index contributed by atoms with van der Waals surface area (Å²) in [4.78, 5) is 38.2. The van der Waals surface area contributed by atoms with Crippen molar-refractivity contribution >= 4 is 29.0 Å². The van der Waals surface area contributed by atoms with Crippen molar-refractivity contribution in [3.8, 4) is 11.1 Å². The fraction of sp³-hybridized carbons (Fsp3) is 0.368. The number of nitrogens with zero attached hydrogens (tertiary/aromatic N) is 3. The Morgan fingerprint density at radius 2 is 1.81 bits per heavy atom. The largest absolute Gasteiger partial charge is 0.396 e. The first-order valence-corrected chi connectivity index (χ1v) is 16.8. The van der Waals surface area contributed by atoms with Crippen LogP contribution in [0.1, 0.15) is 80.2 Å². The Kier molecular flexibility index (Phi) is 10.1. The highest BCUT2D eigenvalue weighted by atomic mass is 35.5. The quantitative estimate of drug-likeness (QED) is 0.129. The van der Waals surface area contributed by atoms with Crippen LogP contribution in [-0.4, -0.2) is 62.1 Å². The van der Waals surface area contributed by atoms with Gasteiger partial charge in [0.05, 0.1) is 16.8 Å². The summed E-state index contributed by atoms with van der Waals surface area (Å²) in [5.41, 5.74) is 8.92. The van der Waals surface area contributed by atoms with Crippen LogP contribution >= 0.6 is 11.6 Å². The molecule has 244 valence electrons. The first-order valence-electron chi connectivity index (χ1n) is 16.4. The molecule has 0 saturated heterocycles. The first kappa shape index (κ1) is 33.0. The topological polar surface area (TPSA) is 116 Å². The first-order chi connectivity index (χ1) is 22.7. The number of carbonyl (C=O) groups is 2. The summed E-state index contributed by atoms with van der Waals surface area (Å²) >= 11 is 6.98. The maximum absolute atomic E-state index is 13.6. The average molecular weight is 653 g/mol. The molecule has 0 radical (unpaired) electrons. The number of Topliss-reactive ketones (excluding diaryl/α,β-unsaturated/α-hetero) is 1. The summed E-state index contributed by atoms with van der Waals surface area (Å²) in [6, 6.07) is 17.3. The highest BCUT2D eigenvalue weighted by Gasteiger charge is 2.34. The van der Waals surface area contributed by atoms with E-state index in [0.717, 1.165) is 78.6 Å². The Morgan fingerprint density at radius 1 is 1.02 bits per heavy atom. The van der Waals surface area contributed by atoms with E-state index in [1.807, 2.05) is 62.4 Å². The number of benzene rings is 2. The molecule has 0 spiro atoms. The van der Waals surface area contributed by atoms with E-state index < -0.39 is 0 Å². The van der Waals surface area contributed by atoms with Crippen molar-refractivity contribution in [1.29, 1.82) is 0 Å². The number of anilines is 1. The monoisotopic (exact) mass is 652 g/mol. The van der Waals surface area contributed by atoms with Gasteiger partial charge in [-0.1, -0.05) is 48.0 Å². The lowest BCUT2D eigenvalue weighted by atomic mass is 9.86. The van der Waals surface area contributed by atoms with Crippen molar-refractivity contribution in [1.82, 2.24) is 14.9 Å². The van der Waals surface area contributed by atoms with Gasteiger partial charge in [0, 0.05) is 49.6 Å². The SMILES string of the molecule is Cc1cc(C(=O)Cc2cccc(-c3cccc(NC(=O)c4ccc(CCCCO)cn4)c3C)c2Cl)nc2c1CCN(C1CC(O)C1)C2. The number of halogens is 1. The van der Waals surface area contributed by atoms with Crippen molar-refractivity contribution in [3.05, 3.63) is 111 Å². The van der Waals surface area contributed by atoms with Crippen LogP contribution in [0.25, 0.3) is 11.1 Å². The van der Waals surface area contributed by atoms with Gasteiger partial charge in [-0.15, -0.1) is 0 Å². The summed E-state index contributed by atoms with van der Waals surface area (Å²) < 4.78 is 0. The zero-order chi connectivity index (χ0) is 33.1. The second-order valence-electron chi connectivity index (χ2n) is 12.8. The van der Waals surface area contributed by atoms with Crippen LogP contribution in [-0.2, 0) is 25.8 Å². The number of hydrogen-bond acceptors (Lipinski definition) is 7. The van der Waals surface area contributed by atoms with Crippen LogP contribution in [0.15, 0.2) is 60.8 Å². The lowest BCUT2D eigenvalue weighted by molar-refractivity contribution is -0.00479. The van der Waals surface area contributed by atoms with E-state index in [9.17, 15) is 14.7 Å². The summed E-state index contributed by atoms with van der Waals surface area (Å²) in [5, 5.41) is 22.3. The molecule has 0 atom stereocenters. The van der Waals surface area contributed by atoms with Gasteiger partial charge in [-0.05, 0) is 104 Å². The zero-order valence-corrected chi connectivity index (χ0v) is 27.7. The van der Waals surface area contributed by atoms with Crippen LogP contribution in [0.4, 0.5) is 5.69 Å². The molecule has 47 heavy (non-hydrogen) atoms. The number of aromatic nitrogens is 2. The van der Waals surface area contributed by atoms with E-state index in [2.05, 4.69) is 15.2 Å². The van der Waals surface area contributed by atoms with Gasteiger partial charge in [0.25, 0.3) is 5.91 Å². The third-order valence-electron chi connectivity index (χ3n) is 9.56. The number of fused-ring (bicyclic) bond motifs is 1. The molecule has 8 nitrogen and oxygen atoms in total. The highest BCUT2D eigenvalue weighted by Crippen LogP contribution is 2.36. The smallest absolute Gasteiger partial charge is 0.274 e. The predicted octanol–water partition coefficient (Wildman–Crippen LogP) is 6.29. The van der Waals surface area contributed by atoms with E-state index in [-0.39, 0.29) is 30.8 Å². The molecule has 3 N–H and O–H groups in total. The molecule has 4 aromatic rings. The van der Waals surface area contributed by atoms with Crippen molar-refractivity contribution in [3.63, 3.8) is 0 Å². The van der Waals surface area contributed by atoms with E-state index >= 15 is 0 Å². The number of ketones is 1. The molecular weight excluding hydrogens is 612 g/mol. The molecule has 0 bridgehead atoms. The molecule has 1 aliphatic carbocycles. The normalized spacial score (nSPS) is 17.6. The Balaban J connectivity index is 1.17. The maximum Gasteiger partial charge on any atom is 0.274 e. The number of carbonyl (C=O) groups excluding carboxylic acids is 2. The second-order valence-corrected chi connectivity index (χ2v) is 13.2. The van der Waals surface area contributed by atoms with Crippen LogP contribution in [0, 0.1) is 13.8 Å². The molecule has 2 aromatic heterocycles. The van der Waals surface area contributed by atoms with Gasteiger partial charge in [0.1, 0.15) is 11.4 Å². The molecule has 1 fully saturated rings. The number of nitrogens with one attached hydrogen (secondary N) is 1. The molecule has 2 aromatic carbocycles. The van der Waals surface area contributed by atoms with E-state index in [1.165, 1.54) is 5.56 Å². The Hall–Kier alpha value is -3.95. The van der Waals surface area contributed by atoms with Crippen LogP contribution in [0.3, 0.4) is 0 Å². The molecule has 2 aliphatic rings. The van der Waals surface area contributed by atoms with Gasteiger partial charge >= 0.3 is 0 Å². The minimum atomic E-state index is -0.307. The molecule has 1 aliphatic heterocycles. The average Bonchev–Trinajstić information content (AvgIpc) is 3.05. The Morgan fingerprint density at radius 3 is 2.55 bits per heavy atom. The van der Waals surface area contributed by atoms with E-state index in [1.54, 1.807) is 12.3 Å². The lowest BCUT2D eigenvalue weighted by Crippen LogP contribution is -2.49. The van der Waals surface area contributed by atoms with Crippen LogP contribution in [0.2, 0.25) is 5.02 Å². The van der Waals surface area contributed by atoms with Gasteiger partial charge < -0.3 is 15.5 Å². The fourth-order valence-electron chi connectivity index (χ4n) is 6.66. The summed E-state index contributed by atoms with van der Waals surface area (Å²) in [6.07, 6.45) is 6.53. The molecule has 6 rings (SSSR count). The molecule has 1 saturated carbocycles. The minimum Gasteiger partial charge on any atom is -0.396 e. The van der Waals surface area contributed by atoms with Gasteiger partial charge in [-0.3, -0.25) is 19.5 Å². The Bertz CT molecular complexity index is 1790. The fourth-order valence-corrected chi connectivity index (χ4v) is 6.96.